The Bertz CT molecular complexity index is 1100. The van der Waals surface area contributed by atoms with Crippen molar-refractivity contribution in [2.45, 2.75) is 17.7 Å². The lowest BCUT2D eigenvalue weighted by molar-refractivity contribution is 0.405. The van der Waals surface area contributed by atoms with Crippen molar-refractivity contribution in [2.24, 2.45) is 0 Å². The maximum Gasteiger partial charge on any atom is 0.262 e. The van der Waals surface area contributed by atoms with Gasteiger partial charge in [-0.15, -0.1) is 0 Å². The number of sulfonamides is 1. The molecule has 1 aliphatic carbocycles. The molecule has 0 aromatic heterocycles. The zero-order chi connectivity index (χ0) is 18.3. The first-order valence-electron chi connectivity index (χ1n) is 8.32. The van der Waals surface area contributed by atoms with Gasteiger partial charge in [0.05, 0.1) is 24.8 Å². The maximum atomic E-state index is 13.1. The summed E-state index contributed by atoms with van der Waals surface area (Å²) in [6, 6.07) is 14.4. The minimum absolute atomic E-state index is 0.268. The lowest BCUT2D eigenvalue weighted by atomic mass is 10.1. The van der Waals surface area contributed by atoms with Gasteiger partial charge in [-0.1, -0.05) is 24.3 Å². The zero-order valence-electron chi connectivity index (χ0n) is 14.6. The van der Waals surface area contributed by atoms with Crippen LogP contribution >= 0.6 is 0 Å². The Morgan fingerprint density at radius 3 is 2.42 bits per heavy atom. The number of nitrogens with one attached hydrogen (secondary N) is 1. The standard InChI is InChI=1S/C20H19NO4S/c1-24-15-9-10-18(25-2)17(12-15)21-26(22,23)19-11-8-14-7-6-13-4-3-5-16(19)20(13)14/h3-5,8-12,21H,6-7H2,1-2H3. The van der Waals surface area contributed by atoms with Gasteiger partial charge in [-0.25, -0.2) is 8.42 Å². The summed E-state index contributed by atoms with van der Waals surface area (Å²) in [7, 11) is -0.759. The Morgan fingerprint density at radius 1 is 0.923 bits per heavy atom. The molecule has 0 unspecified atom stereocenters. The molecule has 6 heteroatoms. The Balaban J connectivity index is 1.83. The average Bonchev–Trinajstić information content (AvgIpc) is 3.06. The molecular weight excluding hydrogens is 350 g/mol. The van der Waals surface area contributed by atoms with E-state index in [-0.39, 0.29) is 4.90 Å². The lowest BCUT2D eigenvalue weighted by Crippen LogP contribution is -2.14. The maximum absolute atomic E-state index is 13.1. The lowest BCUT2D eigenvalue weighted by Gasteiger charge is -2.15. The van der Waals surface area contributed by atoms with Crippen molar-refractivity contribution in [1.82, 2.24) is 0 Å². The van der Waals surface area contributed by atoms with Crippen molar-refractivity contribution in [2.75, 3.05) is 18.9 Å². The molecule has 5 nitrogen and oxygen atoms in total. The first-order chi connectivity index (χ1) is 12.5. The highest BCUT2D eigenvalue weighted by atomic mass is 32.2. The van der Waals surface area contributed by atoms with Crippen molar-refractivity contribution in [3.8, 4) is 11.5 Å². The largest absolute Gasteiger partial charge is 0.497 e. The van der Waals surface area contributed by atoms with Crippen molar-refractivity contribution >= 4 is 26.5 Å². The van der Waals surface area contributed by atoms with E-state index in [2.05, 4.69) is 10.8 Å². The van der Waals surface area contributed by atoms with E-state index in [0.717, 1.165) is 23.6 Å². The third-order valence-corrected chi connectivity index (χ3v) is 6.20. The second-order valence-corrected chi connectivity index (χ2v) is 7.89. The van der Waals surface area contributed by atoms with E-state index in [1.54, 1.807) is 24.3 Å². The van der Waals surface area contributed by atoms with Crippen LogP contribution in [-0.4, -0.2) is 22.6 Å². The summed E-state index contributed by atoms with van der Waals surface area (Å²) in [6.45, 7) is 0. The van der Waals surface area contributed by atoms with E-state index >= 15 is 0 Å². The number of benzene rings is 3. The summed E-state index contributed by atoms with van der Waals surface area (Å²) in [5.74, 6) is 0.976. The predicted octanol–water partition coefficient (Wildman–Crippen LogP) is 3.76. The van der Waals surface area contributed by atoms with Crippen molar-refractivity contribution in [3.63, 3.8) is 0 Å². The number of hydrogen-bond donors (Lipinski definition) is 1. The molecule has 0 radical (unpaired) electrons. The number of aryl methyl sites for hydroxylation is 2. The molecule has 0 heterocycles. The summed E-state index contributed by atoms with van der Waals surface area (Å²) < 4.78 is 39.4. The smallest absolute Gasteiger partial charge is 0.262 e. The van der Waals surface area contributed by atoms with Gasteiger partial charge >= 0.3 is 0 Å². The minimum atomic E-state index is -3.79. The Labute approximate surface area is 152 Å². The molecule has 0 atom stereocenters. The monoisotopic (exact) mass is 369 g/mol. The molecule has 3 aromatic carbocycles. The molecule has 134 valence electrons. The fraction of sp³-hybridized carbons (Fsp3) is 0.200. The van der Waals surface area contributed by atoms with Crippen molar-refractivity contribution < 1.29 is 17.9 Å². The van der Waals surface area contributed by atoms with E-state index in [1.165, 1.54) is 25.3 Å². The van der Waals surface area contributed by atoms with Gasteiger partial charge in [-0.3, -0.25) is 4.72 Å². The summed E-state index contributed by atoms with van der Waals surface area (Å²) in [4.78, 5) is 0.268. The van der Waals surface area contributed by atoms with E-state index in [9.17, 15) is 8.42 Å². The first-order valence-corrected chi connectivity index (χ1v) is 9.80. The molecule has 1 N–H and O–H groups in total. The molecule has 0 spiro atoms. The highest BCUT2D eigenvalue weighted by Gasteiger charge is 2.23. The van der Waals surface area contributed by atoms with Gasteiger partial charge in [0, 0.05) is 11.5 Å². The van der Waals surface area contributed by atoms with Crippen LogP contribution in [0.3, 0.4) is 0 Å². The van der Waals surface area contributed by atoms with Gasteiger partial charge in [0.25, 0.3) is 10.0 Å². The summed E-state index contributed by atoms with van der Waals surface area (Å²) in [5, 5.41) is 1.82. The normalized spacial score (nSPS) is 13.0. The molecule has 4 rings (SSSR count). The second kappa shape index (κ2) is 6.21. The van der Waals surface area contributed by atoms with Crippen molar-refractivity contribution in [3.05, 3.63) is 59.7 Å². The highest BCUT2D eigenvalue weighted by molar-refractivity contribution is 7.93. The van der Waals surface area contributed by atoms with E-state index in [0.29, 0.717) is 17.2 Å². The molecule has 0 aliphatic heterocycles. The molecule has 0 saturated carbocycles. The van der Waals surface area contributed by atoms with Crippen LogP contribution in [0.4, 0.5) is 5.69 Å². The molecule has 0 saturated heterocycles. The quantitative estimate of drug-likeness (QED) is 0.744. The third kappa shape index (κ3) is 2.66. The van der Waals surface area contributed by atoms with Gasteiger partial charge in [-0.2, -0.15) is 0 Å². The molecule has 0 fully saturated rings. The number of rotatable bonds is 5. The number of anilines is 1. The molecule has 0 amide bonds. The molecule has 0 bridgehead atoms. The van der Waals surface area contributed by atoms with Crippen LogP contribution < -0.4 is 14.2 Å². The average molecular weight is 369 g/mol. The van der Waals surface area contributed by atoms with E-state index in [1.807, 2.05) is 18.2 Å². The van der Waals surface area contributed by atoms with Gasteiger partial charge in [0.1, 0.15) is 11.5 Å². The van der Waals surface area contributed by atoms with Crippen LogP contribution in [0.25, 0.3) is 10.8 Å². The fourth-order valence-electron chi connectivity index (χ4n) is 3.55. The predicted molar refractivity (Wildman–Crippen MR) is 102 cm³/mol. The van der Waals surface area contributed by atoms with Gasteiger partial charge in [-0.05, 0) is 47.6 Å². The third-order valence-electron chi connectivity index (χ3n) is 4.78. The van der Waals surface area contributed by atoms with Crippen molar-refractivity contribution in [1.29, 1.82) is 0 Å². The van der Waals surface area contributed by atoms with E-state index in [4.69, 9.17) is 9.47 Å². The molecular formula is C20H19NO4S. The van der Waals surface area contributed by atoms with Crippen LogP contribution in [0, 0.1) is 0 Å². The van der Waals surface area contributed by atoms with Crippen LogP contribution in [-0.2, 0) is 22.9 Å². The van der Waals surface area contributed by atoms with Crippen LogP contribution in [0.2, 0.25) is 0 Å². The Kier molecular flexibility index (Phi) is 4.00. The topological polar surface area (TPSA) is 64.6 Å². The van der Waals surface area contributed by atoms with Gasteiger partial charge in [0.2, 0.25) is 0 Å². The number of ether oxygens (including phenoxy) is 2. The van der Waals surface area contributed by atoms with Crippen LogP contribution in [0.1, 0.15) is 11.1 Å². The van der Waals surface area contributed by atoms with E-state index < -0.39 is 10.0 Å². The molecule has 26 heavy (non-hydrogen) atoms. The highest BCUT2D eigenvalue weighted by Crippen LogP contribution is 2.36. The Hall–Kier alpha value is -2.73. The van der Waals surface area contributed by atoms with Gasteiger partial charge < -0.3 is 9.47 Å². The Morgan fingerprint density at radius 2 is 1.69 bits per heavy atom. The zero-order valence-corrected chi connectivity index (χ0v) is 15.4. The fourth-order valence-corrected chi connectivity index (χ4v) is 4.81. The van der Waals surface area contributed by atoms with Crippen LogP contribution in [0.15, 0.2) is 53.4 Å². The minimum Gasteiger partial charge on any atom is -0.497 e. The summed E-state index contributed by atoms with van der Waals surface area (Å²) in [5.41, 5.74) is 2.75. The second-order valence-electron chi connectivity index (χ2n) is 6.23. The SMILES string of the molecule is COc1ccc(OC)c(NS(=O)(=O)c2ccc3c4c(cccc24)CC3)c1. The summed E-state index contributed by atoms with van der Waals surface area (Å²) in [6.07, 6.45) is 1.90. The summed E-state index contributed by atoms with van der Waals surface area (Å²) >= 11 is 0. The number of methoxy groups -OCH3 is 2. The molecule has 3 aromatic rings. The van der Waals surface area contributed by atoms with Crippen LogP contribution in [0.5, 0.6) is 11.5 Å². The van der Waals surface area contributed by atoms with Gasteiger partial charge in [0.15, 0.2) is 0 Å². The molecule has 1 aliphatic rings. The number of hydrogen-bond acceptors (Lipinski definition) is 4. The first kappa shape index (κ1) is 16.7.